The molecule has 2 rings (SSSR count). The Labute approximate surface area is 175 Å². The zero-order chi connectivity index (χ0) is 22.3. The lowest BCUT2D eigenvalue weighted by atomic mass is 10.2. The van der Waals surface area contributed by atoms with E-state index in [1.165, 1.54) is 23.6 Å². The number of nitrogens with one attached hydrogen (secondary N) is 2. The Hall–Kier alpha value is -3.68. The highest BCUT2D eigenvalue weighted by atomic mass is 16.2. The summed E-state index contributed by atoms with van der Waals surface area (Å²) in [6.45, 7) is 2.91. The van der Waals surface area contributed by atoms with Gasteiger partial charge >= 0.3 is 0 Å². The van der Waals surface area contributed by atoms with Crippen molar-refractivity contribution in [1.29, 1.82) is 0 Å². The number of amides is 4. The number of carbonyl (C=O) groups is 4. The Kier molecular flexibility index (Phi) is 7.69. The van der Waals surface area contributed by atoms with Crippen molar-refractivity contribution in [2.24, 2.45) is 0 Å². The van der Waals surface area contributed by atoms with Gasteiger partial charge in [0.1, 0.15) is 0 Å². The van der Waals surface area contributed by atoms with Crippen molar-refractivity contribution in [3.63, 3.8) is 0 Å². The van der Waals surface area contributed by atoms with E-state index in [2.05, 4.69) is 10.6 Å². The van der Waals surface area contributed by atoms with Gasteiger partial charge in [-0.1, -0.05) is 12.1 Å². The molecule has 2 aromatic carbocycles. The number of anilines is 4. The predicted molar refractivity (Wildman–Crippen MR) is 118 cm³/mol. The largest absolute Gasteiger partial charge is 0.326 e. The van der Waals surface area contributed by atoms with E-state index in [1.807, 2.05) is 0 Å². The molecule has 0 aromatic heterocycles. The highest BCUT2D eigenvalue weighted by Gasteiger charge is 2.11. The Morgan fingerprint density at radius 1 is 0.700 bits per heavy atom. The fourth-order valence-electron chi connectivity index (χ4n) is 2.62. The van der Waals surface area contributed by atoms with Crippen LogP contribution in [0.25, 0.3) is 0 Å². The summed E-state index contributed by atoms with van der Waals surface area (Å²) in [6.07, 6.45) is 0.0112. The SMILES string of the molecule is CC(=O)N(C)c1cccc(NC(=O)CCC(=O)Nc2cccc(N(C)C(C)=O)c2)c1. The van der Waals surface area contributed by atoms with Gasteiger partial charge in [0.2, 0.25) is 23.6 Å². The monoisotopic (exact) mass is 410 g/mol. The van der Waals surface area contributed by atoms with Gasteiger partial charge in [-0.05, 0) is 36.4 Å². The van der Waals surface area contributed by atoms with Gasteiger partial charge < -0.3 is 20.4 Å². The molecule has 8 nitrogen and oxygen atoms in total. The average molecular weight is 410 g/mol. The third-order valence-electron chi connectivity index (χ3n) is 4.56. The molecule has 2 aromatic rings. The van der Waals surface area contributed by atoms with Crippen molar-refractivity contribution >= 4 is 46.4 Å². The standard InChI is InChI=1S/C22H26N4O4/c1-15(27)25(3)19-9-5-7-17(13-19)23-21(29)11-12-22(30)24-18-8-6-10-20(14-18)26(4)16(2)28/h5-10,13-14H,11-12H2,1-4H3,(H,23,29)(H,24,30). The number of carbonyl (C=O) groups excluding carboxylic acids is 4. The summed E-state index contributed by atoms with van der Waals surface area (Å²) in [7, 11) is 3.30. The quantitative estimate of drug-likeness (QED) is 0.733. The summed E-state index contributed by atoms with van der Waals surface area (Å²) < 4.78 is 0. The van der Waals surface area contributed by atoms with Gasteiger partial charge in [0.15, 0.2) is 0 Å². The fraction of sp³-hybridized carbons (Fsp3) is 0.273. The van der Waals surface area contributed by atoms with Crippen LogP contribution in [0.4, 0.5) is 22.7 Å². The van der Waals surface area contributed by atoms with Gasteiger partial charge in [-0.25, -0.2) is 0 Å². The van der Waals surface area contributed by atoms with E-state index in [0.717, 1.165) is 0 Å². The maximum Gasteiger partial charge on any atom is 0.224 e. The Balaban J connectivity index is 1.89. The smallest absolute Gasteiger partial charge is 0.224 e. The third-order valence-corrected chi connectivity index (χ3v) is 4.56. The summed E-state index contributed by atoms with van der Waals surface area (Å²) >= 11 is 0. The normalized spacial score (nSPS) is 10.1. The molecule has 0 bridgehead atoms. The third kappa shape index (κ3) is 6.44. The lowest BCUT2D eigenvalue weighted by molar-refractivity contribution is -0.121. The van der Waals surface area contributed by atoms with E-state index in [0.29, 0.717) is 22.7 Å². The van der Waals surface area contributed by atoms with Crippen LogP contribution in [0.3, 0.4) is 0 Å². The molecule has 2 N–H and O–H groups in total. The predicted octanol–water partition coefficient (Wildman–Crippen LogP) is 3.01. The molecule has 0 fully saturated rings. The van der Waals surface area contributed by atoms with Gasteiger partial charge in [0.05, 0.1) is 0 Å². The van der Waals surface area contributed by atoms with Crippen molar-refractivity contribution in [2.75, 3.05) is 34.5 Å². The van der Waals surface area contributed by atoms with Gasteiger partial charge in [-0.15, -0.1) is 0 Å². The summed E-state index contributed by atoms with van der Waals surface area (Å²) in [5, 5.41) is 5.46. The van der Waals surface area contributed by atoms with Gasteiger partial charge in [-0.3, -0.25) is 19.2 Å². The van der Waals surface area contributed by atoms with E-state index in [1.54, 1.807) is 62.6 Å². The molecule has 0 aliphatic rings. The maximum absolute atomic E-state index is 12.2. The number of nitrogens with zero attached hydrogens (tertiary/aromatic N) is 2. The van der Waals surface area contributed by atoms with Crippen LogP contribution in [0.5, 0.6) is 0 Å². The summed E-state index contributed by atoms with van der Waals surface area (Å²) in [5.74, 6) is -0.849. The van der Waals surface area contributed by atoms with E-state index < -0.39 is 0 Å². The molecule has 0 radical (unpaired) electrons. The highest BCUT2D eigenvalue weighted by molar-refractivity contribution is 5.98. The Morgan fingerprint density at radius 3 is 1.40 bits per heavy atom. The molecule has 0 spiro atoms. The second kappa shape index (κ2) is 10.2. The number of rotatable bonds is 7. The van der Waals surface area contributed by atoms with Crippen molar-refractivity contribution < 1.29 is 19.2 Å². The summed E-state index contributed by atoms with van der Waals surface area (Å²) in [4.78, 5) is 50.3. The zero-order valence-corrected chi connectivity index (χ0v) is 17.6. The van der Waals surface area contributed by atoms with Gasteiger partial charge in [0, 0.05) is 63.5 Å². The minimum Gasteiger partial charge on any atom is -0.326 e. The van der Waals surface area contributed by atoms with Crippen LogP contribution in [0, 0.1) is 0 Å². The number of benzene rings is 2. The van der Waals surface area contributed by atoms with Crippen LogP contribution in [0.15, 0.2) is 48.5 Å². The first-order chi connectivity index (χ1) is 14.2. The Morgan fingerprint density at radius 2 is 1.07 bits per heavy atom. The molecule has 0 saturated heterocycles. The van der Waals surface area contributed by atoms with Crippen LogP contribution in [-0.2, 0) is 19.2 Å². The maximum atomic E-state index is 12.2. The summed E-state index contributed by atoms with van der Waals surface area (Å²) in [5.41, 5.74) is 2.42. The van der Waals surface area contributed by atoms with Crippen molar-refractivity contribution in [2.45, 2.75) is 26.7 Å². The number of hydrogen-bond donors (Lipinski definition) is 2. The molecule has 158 valence electrons. The van der Waals surface area contributed by atoms with Crippen molar-refractivity contribution in [3.8, 4) is 0 Å². The molecule has 0 unspecified atom stereocenters. The first kappa shape index (κ1) is 22.6. The van der Waals surface area contributed by atoms with Crippen LogP contribution in [-0.4, -0.2) is 37.7 Å². The molecule has 8 heteroatoms. The number of hydrogen-bond acceptors (Lipinski definition) is 4. The van der Waals surface area contributed by atoms with Crippen LogP contribution < -0.4 is 20.4 Å². The zero-order valence-electron chi connectivity index (χ0n) is 17.6. The summed E-state index contributed by atoms with van der Waals surface area (Å²) in [6, 6.07) is 13.8. The molecule has 0 aliphatic heterocycles. The molecule has 0 heterocycles. The molecule has 0 atom stereocenters. The minimum absolute atomic E-state index is 0.00560. The minimum atomic E-state index is -0.308. The van der Waals surface area contributed by atoms with E-state index in [9.17, 15) is 19.2 Å². The average Bonchev–Trinajstić information content (AvgIpc) is 2.71. The Bertz CT molecular complexity index is 880. The van der Waals surface area contributed by atoms with Crippen LogP contribution in [0.1, 0.15) is 26.7 Å². The van der Waals surface area contributed by atoms with Crippen LogP contribution >= 0.6 is 0 Å². The first-order valence-corrected chi connectivity index (χ1v) is 9.46. The molecule has 4 amide bonds. The molecular weight excluding hydrogens is 384 g/mol. The second-order valence-electron chi connectivity index (χ2n) is 6.85. The molecule has 0 aliphatic carbocycles. The highest BCUT2D eigenvalue weighted by Crippen LogP contribution is 2.20. The van der Waals surface area contributed by atoms with E-state index >= 15 is 0 Å². The lowest BCUT2D eigenvalue weighted by Crippen LogP contribution is -2.23. The van der Waals surface area contributed by atoms with Crippen LogP contribution in [0.2, 0.25) is 0 Å². The van der Waals surface area contributed by atoms with E-state index in [-0.39, 0.29) is 36.5 Å². The van der Waals surface area contributed by atoms with E-state index in [4.69, 9.17) is 0 Å². The molecule has 30 heavy (non-hydrogen) atoms. The first-order valence-electron chi connectivity index (χ1n) is 9.46. The van der Waals surface area contributed by atoms with Crippen molar-refractivity contribution in [3.05, 3.63) is 48.5 Å². The topological polar surface area (TPSA) is 98.8 Å². The van der Waals surface area contributed by atoms with Crippen molar-refractivity contribution in [1.82, 2.24) is 0 Å². The molecule has 0 saturated carbocycles. The second-order valence-corrected chi connectivity index (χ2v) is 6.85. The fourth-order valence-corrected chi connectivity index (χ4v) is 2.62. The molecular formula is C22H26N4O4. The van der Waals surface area contributed by atoms with Gasteiger partial charge in [0.25, 0.3) is 0 Å². The van der Waals surface area contributed by atoms with Gasteiger partial charge in [-0.2, -0.15) is 0 Å². The lowest BCUT2D eigenvalue weighted by Gasteiger charge is -2.16.